The fraction of sp³-hybridized carbons (Fsp3) is 0.412. The predicted octanol–water partition coefficient (Wildman–Crippen LogP) is 2.97. The van der Waals surface area contributed by atoms with Crippen molar-refractivity contribution in [2.45, 2.75) is 27.3 Å². The van der Waals surface area contributed by atoms with Crippen molar-refractivity contribution in [2.24, 2.45) is 0 Å². The monoisotopic (exact) mass is 318 g/mol. The third kappa shape index (κ3) is 3.64. The lowest BCUT2D eigenvalue weighted by Crippen LogP contribution is -2.27. The fourth-order valence-corrected chi connectivity index (χ4v) is 2.41. The molecule has 0 fully saturated rings. The molecule has 1 heterocycles. The van der Waals surface area contributed by atoms with E-state index in [1.807, 2.05) is 25.1 Å². The zero-order valence-corrected chi connectivity index (χ0v) is 14.2. The van der Waals surface area contributed by atoms with Gasteiger partial charge in [-0.25, -0.2) is 0 Å². The van der Waals surface area contributed by atoms with Gasteiger partial charge in [-0.2, -0.15) is 0 Å². The van der Waals surface area contributed by atoms with Crippen LogP contribution in [0.1, 0.15) is 34.3 Å². The van der Waals surface area contributed by atoms with E-state index < -0.39 is 0 Å². The first-order valence-corrected chi connectivity index (χ1v) is 7.46. The molecule has 0 atom stereocenters. The van der Waals surface area contributed by atoms with Crippen molar-refractivity contribution in [2.75, 3.05) is 20.8 Å². The number of benzene rings is 1. The molecule has 0 radical (unpaired) electrons. The first kappa shape index (κ1) is 16.9. The van der Waals surface area contributed by atoms with Gasteiger partial charge in [-0.15, -0.1) is 0 Å². The lowest BCUT2D eigenvalue weighted by Gasteiger charge is -2.18. The molecule has 1 amide bonds. The average molecular weight is 318 g/mol. The Morgan fingerprint density at radius 1 is 1.30 bits per heavy atom. The van der Waals surface area contributed by atoms with Crippen molar-refractivity contribution in [3.63, 3.8) is 0 Å². The second-order valence-electron chi connectivity index (χ2n) is 5.28. The second-order valence-corrected chi connectivity index (χ2v) is 5.28. The van der Waals surface area contributed by atoms with Crippen LogP contribution in [0.25, 0.3) is 0 Å². The van der Waals surface area contributed by atoms with Gasteiger partial charge in [-0.05, 0) is 38.5 Å². The fourth-order valence-electron chi connectivity index (χ4n) is 2.41. The van der Waals surface area contributed by atoms with E-state index >= 15 is 0 Å². The second kappa shape index (κ2) is 7.17. The number of hydrogen-bond donors (Lipinski definition) is 0. The number of amides is 1. The van der Waals surface area contributed by atoms with E-state index in [4.69, 9.17) is 14.0 Å². The van der Waals surface area contributed by atoms with Gasteiger partial charge in [-0.1, -0.05) is 11.2 Å². The summed E-state index contributed by atoms with van der Waals surface area (Å²) >= 11 is 0. The van der Waals surface area contributed by atoms with Crippen LogP contribution in [0.15, 0.2) is 22.7 Å². The predicted molar refractivity (Wildman–Crippen MR) is 85.9 cm³/mol. The van der Waals surface area contributed by atoms with Crippen molar-refractivity contribution in [3.8, 4) is 11.5 Å². The normalized spacial score (nSPS) is 10.5. The summed E-state index contributed by atoms with van der Waals surface area (Å²) in [7, 11) is 3.34. The Morgan fingerprint density at radius 3 is 2.61 bits per heavy atom. The zero-order chi connectivity index (χ0) is 17.0. The summed E-state index contributed by atoms with van der Waals surface area (Å²) in [4.78, 5) is 14.2. The molecular weight excluding hydrogens is 296 g/mol. The van der Waals surface area contributed by atoms with Gasteiger partial charge in [0.05, 0.1) is 19.4 Å². The van der Waals surface area contributed by atoms with Crippen LogP contribution >= 0.6 is 0 Å². The van der Waals surface area contributed by atoms with Gasteiger partial charge in [0.2, 0.25) is 0 Å². The maximum Gasteiger partial charge on any atom is 0.259 e. The molecule has 0 saturated heterocycles. The van der Waals surface area contributed by atoms with Crippen LogP contribution in [0.3, 0.4) is 0 Å². The quantitative estimate of drug-likeness (QED) is 0.819. The Bertz CT molecular complexity index is 674. The molecule has 2 rings (SSSR count). The van der Waals surface area contributed by atoms with Crippen LogP contribution in [-0.4, -0.2) is 36.7 Å². The van der Waals surface area contributed by atoms with Crippen LogP contribution in [0.5, 0.6) is 11.5 Å². The van der Waals surface area contributed by atoms with Crippen molar-refractivity contribution in [1.82, 2.24) is 10.1 Å². The van der Waals surface area contributed by atoms with Crippen LogP contribution in [-0.2, 0) is 6.54 Å². The summed E-state index contributed by atoms with van der Waals surface area (Å²) in [5.74, 6) is 1.76. The van der Waals surface area contributed by atoms with Crippen molar-refractivity contribution >= 4 is 5.91 Å². The largest absolute Gasteiger partial charge is 0.493 e. The SMILES string of the molecule is CCOc1ccc(CN(C)C(=O)c2c(C)noc2C)cc1OC. The minimum atomic E-state index is -0.117. The highest BCUT2D eigenvalue weighted by Crippen LogP contribution is 2.28. The molecule has 0 spiro atoms. The Kier molecular flexibility index (Phi) is 5.26. The zero-order valence-electron chi connectivity index (χ0n) is 14.2. The molecule has 0 aliphatic heterocycles. The van der Waals surface area contributed by atoms with E-state index in [-0.39, 0.29) is 5.91 Å². The van der Waals surface area contributed by atoms with Gasteiger partial charge in [0.15, 0.2) is 11.5 Å². The molecule has 6 nitrogen and oxygen atoms in total. The Morgan fingerprint density at radius 2 is 2.04 bits per heavy atom. The smallest absolute Gasteiger partial charge is 0.259 e. The van der Waals surface area contributed by atoms with Crippen molar-refractivity contribution in [3.05, 3.63) is 40.8 Å². The van der Waals surface area contributed by atoms with E-state index in [0.29, 0.717) is 41.7 Å². The highest BCUT2D eigenvalue weighted by Gasteiger charge is 2.21. The Balaban J connectivity index is 2.17. The summed E-state index contributed by atoms with van der Waals surface area (Å²) in [6.45, 7) is 6.44. The molecule has 0 aliphatic carbocycles. The van der Waals surface area contributed by atoms with Crippen molar-refractivity contribution < 1.29 is 18.8 Å². The van der Waals surface area contributed by atoms with Gasteiger partial charge in [-0.3, -0.25) is 4.79 Å². The molecule has 0 aliphatic rings. The van der Waals surface area contributed by atoms with Crippen molar-refractivity contribution in [1.29, 1.82) is 0 Å². The van der Waals surface area contributed by atoms with Gasteiger partial charge < -0.3 is 18.9 Å². The molecule has 0 N–H and O–H groups in total. The number of ether oxygens (including phenoxy) is 2. The maximum absolute atomic E-state index is 12.5. The van der Waals surface area contributed by atoms with Gasteiger partial charge in [0.25, 0.3) is 5.91 Å². The summed E-state index contributed by atoms with van der Waals surface area (Å²) in [5, 5.41) is 3.83. The first-order valence-electron chi connectivity index (χ1n) is 7.46. The Hall–Kier alpha value is -2.50. The minimum Gasteiger partial charge on any atom is -0.493 e. The summed E-state index contributed by atoms with van der Waals surface area (Å²) in [6.07, 6.45) is 0. The standard InChI is InChI=1S/C17H22N2O4/c1-6-22-14-8-7-13(9-15(14)21-5)10-19(4)17(20)16-11(2)18-23-12(16)3/h7-9H,6,10H2,1-5H3. The van der Waals surface area contributed by atoms with Gasteiger partial charge >= 0.3 is 0 Å². The highest BCUT2D eigenvalue weighted by atomic mass is 16.5. The summed E-state index contributed by atoms with van der Waals surface area (Å²) in [5.41, 5.74) is 2.07. The van der Waals surface area contributed by atoms with Gasteiger partial charge in [0, 0.05) is 13.6 Å². The number of hydrogen-bond acceptors (Lipinski definition) is 5. The molecule has 1 aromatic heterocycles. The molecule has 124 valence electrons. The lowest BCUT2D eigenvalue weighted by molar-refractivity contribution is 0.0782. The van der Waals surface area contributed by atoms with Crippen LogP contribution in [0.2, 0.25) is 0 Å². The van der Waals surface area contributed by atoms with Crippen LogP contribution < -0.4 is 9.47 Å². The van der Waals surface area contributed by atoms with Crippen LogP contribution in [0.4, 0.5) is 0 Å². The van der Waals surface area contributed by atoms with E-state index in [1.54, 1.807) is 32.9 Å². The molecule has 23 heavy (non-hydrogen) atoms. The van der Waals surface area contributed by atoms with E-state index in [0.717, 1.165) is 5.56 Å². The molecule has 6 heteroatoms. The third-order valence-corrected chi connectivity index (χ3v) is 3.54. The number of aromatic nitrogens is 1. The third-order valence-electron chi connectivity index (χ3n) is 3.54. The first-order chi connectivity index (χ1) is 11.0. The minimum absolute atomic E-state index is 0.117. The molecular formula is C17H22N2O4. The lowest BCUT2D eigenvalue weighted by atomic mass is 10.1. The number of methoxy groups -OCH3 is 1. The molecule has 0 bridgehead atoms. The molecule has 0 unspecified atom stereocenters. The van der Waals surface area contributed by atoms with E-state index in [1.165, 1.54) is 0 Å². The highest BCUT2D eigenvalue weighted by molar-refractivity contribution is 5.95. The number of nitrogens with zero attached hydrogens (tertiary/aromatic N) is 2. The number of carbonyl (C=O) groups is 1. The average Bonchev–Trinajstić information content (AvgIpc) is 2.87. The van der Waals surface area contributed by atoms with E-state index in [9.17, 15) is 4.79 Å². The topological polar surface area (TPSA) is 64.8 Å². The molecule has 0 saturated carbocycles. The maximum atomic E-state index is 12.5. The molecule has 1 aromatic carbocycles. The van der Waals surface area contributed by atoms with Crippen LogP contribution in [0, 0.1) is 13.8 Å². The van der Waals surface area contributed by atoms with E-state index in [2.05, 4.69) is 5.16 Å². The van der Waals surface area contributed by atoms with Gasteiger partial charge in [0.1, 0.15) is 11.3 Å². The Labute approximate surface area is 136 Å². The summed E-state index contributed by atoms with van der Waals surface area (Å²) < 4.78 is 15.9. The number of aryl methyl sites for hydroxylation is 2. The number of carbonyl (C=O) groups excluding carboxylic acids is 1. The summed E-state index contributed by atoms with van der Waals surface area (Å²) in [6, 6.07) is 5.65. The molecule has 2 aromatic rings. The number of rotatable bonds is 6.